The van der Waals surface area contributed by atoms with E-state index < -0.39 is 0 Å². The van der Waals surface area contributed by atoms with Gasteiger partial charge in [-0.1, -0.05) is 35.9 Å². The Labute approximate surface area is 149 Å². The Bertz CT molecular complexity index is 887. The molecule has 3 rings (SSSR count). The largest absolute Gasteiger partial charge is 0.393 e. The maximum Gasteiger partial charge on any atom is 0.269 e. The summed E-state index contributed by atoms with van der Waals surface area (Å²) in [6, 6.07) is 16.1. The fraction of sp³-hybridized carbons (Fsp3) is 0. The summed E-state index contributed by atoms with van der Waals surface area (Å²) in [7, 11) is 0. The summed E-state index contributed by atoms with van der Waals surface area (Å²) in [6.45, 7) is 0. The van der Waals surface area contributed by atoms with E-state index in [1.807, 2.05) is 30.3 Å². The molecule has 0 fully saturated rings. The maximum absolute atomic E-state index is 12.1. The van der Waals surface area contributed by atoms with Gasteiger partial charge >= 0.3 is 0 Å². The van der Waals surface area contributed by atoms with Crippen LogP contribution in [0.1, 0.15) is 10.4 Å². The molecule has 1 aromatic heterocycles. The molecule has 1 amide bonds. The minimum absolute atomic E-state index is 0.276. The van der Waals surface area contributed by atoms with E-state index in [9.17, 15) is 4.79 Å². The number of hydrogen-bond donors (Lipinski definition) is 4. The van der Waals surface area contributed by atoms with Gasteiger partial charge in [0.25, 0.3) is 5.91 Å². The number of benzene rings is 2. The minimum Gasteiger partial charge on any atom is -0.393 e. The summed E-state index contributed by atoms with van der Waals surface area (Å²) in [4.78, 5) is 20.3. The topological polar surface area (TPSA) is 105 Å². The van der Waals surface area contributed by atoms with E-state index >= 15 is 0 Å². The van der Waals surface area contributed by atoms with Crippen molar-refractivity contribution < 1.29 is 4.79 Å². The average Bonchev–Trinajstić information content (AvgIpc) is 2.63. The first-order chi connectivity index (χ1) is 12.1. The highest BCUT2D eigenvalue weighted by Crippen LogP contribution is 2.25. The number of rotatable bonds is 5. The number of para-hydroxylation sites is 1. The van der Waals surface area contributed by atoms with Gasteiger partial charge in [0, 0.05) is 16.3 Å². The zero-order valence-corrected chi connectivity index (χ0v) is 13.8. The Morgan fingerprint density at radius 1 is 1.00 bits per heavy atom. The third-order valence-electron chi connectivity index (χ3n) is 3.30. The Kier molecular flexibility index (Phi) is 4.96. The van der Waals surface area contributed by atoms with Crippen molar-refractivity contribution in [3.63, 3.8) is 0 Å². The van der Waals surface area contributed by atoms with Gasteiger partial charge in [-0.3, -0.25) is 15.6 Å². The number of halogens is 1. The van der Waals surface area contributed by atoms with Gasteiger partial charge in [-0.2, -0.15) is 0 Å². The van der Waals surface area contributed by atoms with Crippen LogP contribution in [0, 0.1) is 0 Å². The van der Waals surface area contributed by atoms with E-state index in [2.05, 4.69) is 26.1 Å². The van der Waals surface area contributed by atoms with Crippen LogP contribution in [0.4, 0.5) is 23.0 Å². The van der Waals surface area contributed by atoms with Gasteiger partial charge in [-0.05, 0) is 30.3 Å². The molecule has 1 heterocycles. The monoisotopic (exact) mass is 354 g/mol. The zero-order valence-electron chi connectivity index (χ0n) is 13.0. The van der Waals surface area contributed by atoms with Crippen LogP contribution in [0.2, 0.25) is 5.02 Å². The second-order valence-electron chi connectivity index (χ2n) is 5.07. The number of carbonyl (C=O) groups is 1. The summed E-state index contributed by atoms with van der Waals surface area (Å²) in [5, 5.41) is 3.57. The van der Waals surface area contributed by atoms with Crippen molar-refractivity contribution in [2.24, 2.45) is 0 Å². The first-order valence-electron chi connectivity index (χ1n) is 7.38. The van der Waals surface area contributed by atoms with Crippen LogP contribution in [0.3, 0.4) is 0 Å². The van der Waals surface area contributed by atoms with Crippen LogP contribution in [0.15, 0.2) is 60.9 Å². The molecule has 0 atom stereocenters. The van der Waals surface area contributed by atoms with Gasteiger partial charge in [0.15, 0.2) is 11.6 Å². The molecule has 25 heavy (non-hydrogen) atoms. The van der Waals surface area contributed by atoms with Crippen LogP contribution in [-0.2, 0) is 0 Å². The van der Waals surface area contributed by atoms with Crippen LogP contribution in [-0.4, -0.2) is 15.9 Å². The maximum atomic E-state index is 12.1. The molecular formula is C17H15ClN6O. The van der Waals surface area contributed by atoms with E-state index in [1.165, 1.54) is 6.33 Å². The third kappa shape index (κ3) is 4.15. The molecule has 7 nitrogen and oxygen atoms in total. The zero-order chi connectivity index (χ0) is 17.6. The number of nitrogen functional groups attached to an aromatic ring is 1. The molecule has 0 bridgehead atoms. The Morgan fingerprint density at radius 3 is 2.52 bits per heavy atom. The molecule has 0 aliphatic rings. The second kappa shape index (κ2) is 7.50. The van der Waals surface area contributed by atoms with Gasteiger partial charge in [-0.25, -0.2) is 9.97 Å². The molecule has 0 aliphatic carbocycles. The normalized spacial score (nSPS) is 10.1. The first-order valence-corrected chi connectivity index (χ1v) is 7.76. The SMILES string of the molecule is Nc1c(NNC(=O)c2cccc(Cl)c2)ncnc1Nc1ccccc1. The van der Waals surface area contributed by atoms with E-state index in [0.29, 0.717) is 16.4 Å². The number of hydrazine groups is 1. The number of carbonyl (C=O) groups excluding carboxylic acids is 1. The highest BCUT2D eigenvalue weighted by atomic mass is 35.5. The van der Waals surface area contributed by atoms with Crippen molar-refractivity contribution in [3.8, 4) is 0 Å². The van der Waals surface area contributed by atoms with E-state index in [1.54, 1.807) is 24.3 Å². The fourth-order valence-electron chi connectivity index (χ4n) is 2.07. The number of nitrogens with one attached hydrogen (secondary N) is 3. The van der Waals surface area contributed by atoms with Gasteiger partial charge in [0.05, 0.1) is 0 Å². The van der Waals surface area contributed by atoms with Gasteiger partial charge in [-0.15, -0.1) is 0 Å². The van der Waals surface area contributed by atoms with Crippen molar-refractivity contribution >= 4 is 40.5 Å². The molecule has 126 valence electrons. The number of nitrogens with two attached hydrogens (primary N) is 1. The number of hydrogen-bond acceptors (Lipinski definition) is 6. The average molecular weight is 355 g/mol. The number of amides is 1. The quantitative estimate of drug-likeness (QED) is 0.524. The summed E-state index contributed by atoms with van der Waals surface area (Å²) >= 11 is 5.88. The lowest BCUT2D eigenvalue weighted by Crippen LogP contribution is -2.30. The van der Waals surface area contributed by atoms with Gasteiger partial charge in [0.1, 0.15) is 12.0 Å². The van der Waals surface area contributed by atoms with Crippen LogP contribution < -0.4 is 21.9 Å². The van der Waals surface area contributed by atoms with Gasteiger partial charge < -0.3 is 11.1 Å². The molecule has 0 spiro atoms. The molecule has 0 radical (unpaired) electrons. The summed E-state index contributed by atoms with van der Waals surface area (Å²) in [6.07, 6.45) is 1.34. The number of anilines is 4. The Morgan fingerprint density at radius 2 is 1.76 bits per heavy atom. The van der Waals surface area contributed by atoms with Crippen molar-refractivity contribution in [1.82, 2.24) is 15.4 Å². The number of nitrogens with zero attached hydrogens (tertiary/aromatic N) is 2. The van der Waals surface area contributed by atoms with E-state index in [4.69, 9.17) is 17.3 Å². The van der Waals surface area contributed by atoms with Crippen molar-refractivity contribution in [2.75, 3.05) is 16.5 Å². The lowest BCUT2D eigenvalue weighted by Gasteiger charge is -2.13. The van der Waals surface area contributed by atoms with Crippen molar-refractivity contribution in [2.45, 2.75) is 0 Å². The molecule has 0 saturated carbocycles. The molecule has 0 aliphatic heterocycles. The standard InChI is InChI=1S/C17H15ClN6O/c18-12-6-4-5-11(9-12)17(25)24-23-16-14(19)15(20-10-21-16)22-13-7-2-1-3-8-13/h1-10H,19H2,(H,24,25)(H2,20,21,22,23). The van der Waals surface area contributed by atoms with Gasteiger partial charge in [0.2, 0.25) is 0 Å². The fourth-order valence-corrected chi connectivity index (χ4v) is 2.26. The lowest BCUT2D eigenvalue weighted by molar-refractivity contribution is 0.0962. The Hall–Kier alpha value is -3.32. The lowest BCUT2D eigenvalue weighted by atomic mass is 10.2. The molecule has 3 aromatic rings. The highest BCUT2D eigenvalue weighted by molar-refractivity contribution is 6.30. The van der Waals surface area contributed by atoms with Crippen LogP contribution in [0.25, 0.3) is 0 Å². The molecule has 2 aromatic carbocycles. The molecular weight excluding hydrogens is 340 g/mol. The predicted octanol–water partition coefficient (Wildman–Crippen LogP) is 3.21. The first kappa shape index (κ1) is 16.5. The smallest absolute Gasteiger partial charge is 0.269 e. The minimum atomic E-state index is -0.363. The molecule has 8 heteroatoms. The van der Waals surface area contributed by atoms with Crippen molar-refractivity contribution in [3.05, 3.63) is 71.5 Å². The summed E-state index contributed by atoms with van der Waals surface area (Å²) in [5.41, 5.74) is 12.8. The van der Waals surface area contributed by atoms with E-state index in [-0.39, 0.29) is 17.4 Å². The highest BCUT2D eigenvalue weighted by Gasteiger charge is 2.10. The van der Waals surface area contributed by atoms with Crippen molar-refractivity contribution in [1.29, 1.82) is 0 Å². The molecule has 5 N–H and O–H groups in total. The second-order valence-corrected chi connectivity index (χ2v) is 5.50. The third-order valence-corrected chi connectivity index (χ3v) is 3.54. The summed E-state index contributed by atoms with van der Waals surface area (Å²) < 4.78 is 0. The van der Waals surface area contributed by atoms with Crippen LogP contribution >= 0.6 is 11.6 Å². The summed E-state index contributed by atoms with van der Waals surface area (Å²) in [5.74, 6) is 0.350. The Balaban J connectivity index is 1.71. The molecule has 0 unspecified atom stereocenters. The predicted molar refractivity (Wildman–Crippen MR) is 98.7 cm³/mol. The van der Waals surface area contributed by atoms with E-state index in [0.717, 1.165) is 5.69 Å². The number of aromatic nitrogens is 2. The molecule has 0 saturated heterocycles. The van der Waals surface area contributed by atoms with Crippen LogP contribution in [0.5, 0.6) is 0 Å².